The van der Waals surface area contributed by atoms with Gasteiger partial charge in [-0.15, -0.1) is 0 Å². The predicted octanol–water partition coefficient (Wildman–Crippen LogP) is 2.19. The van der Waals surface area contributed by atoms with Crippen molar-refractivity contribution in [2.24, 2.45) is 0 Å². The number of carbonyl (C=O) groups is 1. The van der Waals surface area contributed by atoms with Gasteiger partial charge in [0, 0.05) is 24.7 Å². The van der Waals surface area contributed by atoms with Crippen LogP contribution in [0.3, 0.4) is 0 Å². The fourth-order valence-electron chi connectivity index (χ4n) is 2.53. The SMILES string of the molecule is O=C(O)c1[nH]ncc1CN1CC[C@@H]1c1ccc(F)cc1. The summed E-state index contributed by atoms with van der Waals surface area (Å²) >= 11 is 0. The molecule has 1 aromatic heterocycles. The van der Waals surface area contributed by atoms with Crippen molar-refractivity contribution in [2.45, 2.75) is 19.0 Å². The maximum Gasteiger partial charge on any atom is 0.354 e. The Morgan fingerprint density at radius 1 is 1.45 bits per heavy atom. The Morgan fingerprint density at radius 3 is 2.80 bits per heavy atom. The van der Waals surface area contributed by atoms with Gasteiger partial charge < -0.3 is 5.11 Å². The molecule has 20 heavy (non-hydrogen) atoms. The van der Waals surface area contributed by atoms with Crippen molar-refractivity contribution in [3.05, 3.63) is 53.1 Å². The zero-order chi connectivity index (χ0) is 14.1. The topological polar surface area (TPSA) is 69.2 Å². The van der Waals surface area contributed by atoms with Crippen LogP contribution in [0.25, 0.3) is 0 Å². The second kappa shape index (κ2) is 5.05. The molecule has 5 nitrogen and oxygen atoms in total. The van der Waals surface area contributed by atoms with Crippen LogP contribution in [0.4, 0.5) is 4.39 Å². The fraction of sp³-hybridized carbons (Fsp3) is 0.286. The number of halogens is 1. The summed E-state index contributed by atoms with van der Waals surface area (Å²) in [7, 11) is 0. The van der Waals surface area contributed by atoms with Gasteiger partial charge in [-0.2, -0.15) is 5.10 Å². The smallest absolute Gasteiger partial charge is 0.354 e. The number of hydrogen-bond donors (Lipinski definition) is 2. The number of carboxylic acids is 1. The highest BCUT2D eigenvalue weighted by atomic mass is 19.1. The van der Waals surface area contributed by atoms with E-state index in [0.717, 1.165) is 18.5 Å². The molecule has 104 valence electrons. The molecular weight excluding hydrogens is 261 g/mol. The van der Waals surface area contributed by atoms with Gasteiger partial charge in [0.1, 0.15) is 11.5 Å². The number of carboxylic acid groups (broad SMARTS) is 1. The molecule has 1 atom stereocenters. The molecule has 1 aliphatic heterocycles. The van der Waals surface area contributed by atoms with Crippen LogP contribution in [0.1, 0.15) is 34.1 Å². The summed E-state index contributed by atoms with van der Waals surface area (Å²) in [5.41, 5.74) is 1.86. The number of aromatic nitrogens is 2. The minimum absolute atomic E-state index is 0.134. The minimum Gasteiger partial charge on any atom is -0.477 e. The lowest BCUT2D eigenvalue weighted by Crippen LogP contribution is -2.40. The van der Waals surface area contributed by atoms with E-state index in [4.69, 9.17) is 5.11 Å². The summed E-state index contributed by atoms with van der Waals surface area (Å²) in [5.74, 6) is -1.25. The van der Waals surface area contributed by atoms with Crippen LogP contribution in [-0.2, 0) is 6.54 Å². The van der Waals surface area contributed by atoms with Crippen molar-refractivity contribution in [2.75, 3.05) is 6.54 Å². The Morgan fingerprint density at radius 2 is 2.20 bits per heavy atom. The van der Waals surface area contributed by atoms with Crippen LogP contribution in [0, 0.1) is 5.82 Å². The van der Waals surface area contributed by atoms with Gasteiger partial charge in [0.2, 0.25) is 0 Å². The van der Waals surface area contributed by atoms with E-state index < -0.39 is 5.97 Å². The standard InChI is InChI=1S/C14H14FN3O2/c15-11-3-1-9(2-4-11)12-5-6-18(12)8-10-7-16-17-13(10)14(19)20/h1-4,7,12H,5-6,8H2,(H,16,17)(H,19,20)/t12-/m1/s1. The average molecular weight is 275 g/mol. The summed E-state index contributed by atoms with van der Waals surface area (Å²) in [6, 6.07) is 6.67. The van der Waals surface area contributed by atoms with Crippen molar-refractivity contribution in [1.29, 1.82) is 0 Å². The van der Waals surface area contributed by atoms with Crippen LogP contribution >= 0.6 is 0 Å². The number of hydrogen-bond acceptors (Lipinski definition) is 3. The highest BCUT2D eigenvalue weighted by molar-refractivity contribution is 5.86. The highest BCUT2D eigenvalue weighted by Crippen LogP contribution is 2.34. The zero-order valence-corrected chi connectivity index (χ0v) is 10.7. The van der Waals surface area contributed by atoms with E-state index in [0.29, 0.717) is 12.1 Å². The van der Waals surface area contributed by atoms with Gasteiger partial charge in [0.25, 0.3) is 0 Å². The van der Waals surface area contributed by atoms with Crippen molar-refractivity contribution < 1.29 is 14.3 Å². The molecule has 2 heterocycles. The second-order valence-electron chi connectivity index (χ2n) is 4.90. The van der Waals surface area contributed by atoms with Gasteiger partial charge in [-0.1, -0.05) is 12.1 Å². The molecule has 0 bridgehead atoms. The first-order valence-corrected chi connectivity index (χ1v) is 6.40. The lowest BCUT2D eigenvalue weighted by atomic mass is 9.94. The zero-order valence-electron chi connectivity index (χ0n) is 10.7. The molecule has 0 radical (unpaired) electrons. The Hall–Kier alpha value is -2.21. The van der Waals surface area contributed by atoms with Crippen LogP contribution in [0.15, 0.2) is 30.5 Å². The summed E-state index contributed by atoms with van der Waals surface area (Å²) < 4.78 is 12.9. The third kappa shape index (κ3) is 2.30. The van der Waals surface area contributed by atoms with E-state index >= 15 is 0 Å². The van der Waals surface area contributed by atoms with Gasteiger partial charge >= 0.3 is 5.97 Å². The van der Waals surface area contributed by atoms with Crippen molar-refractivity contribution in [3.8, 4) is 0 Å². The third-order valence-corrected chi connectivity index (χ3v) is 3.69. The number of aromatic amines is 1. The van der Waals surface area contributed by atoms with Gasteiger partial charge in [-0.05, 0) is 24.1 Å². The van der Waals surface area contributed by atoms with E-state index in [1.54, 1.807) is 18.3 Å². The Labute approximate surface area is 115 Å². The van der Waals surface area contributed by atoms with E-state index in [2.05, 4.69) is 15.1 Å². The highest BCUT2D eigenvalue weighted by Gasteiger charge is 2.30. The number of aromatic carboxylic acids is 1. The molecule has 6 heteroatoms. The van der Waals surface area contributed by atoms with Crippen molar-refractivity contribution in [3.63, 3.8) is 0 Å². The maximum atomic E-state index is 12.9. The van der Waals surface area contributed by atoms with Gasteiger partial charge in [-0.25, -0.2) is 9.18 Å². The largest absolute Gasteiger partial charge is 0.477 e. The quantitative estimate of drug-likeness (QED) is 0.897. The summed E-state index contributed by atoms with van der Waals surface area (Å²) in [5, 5.41) is 15.3. The third-order valence-electron chi connectivity index (χ3n) is 3.69. The lowest BCUT2D eigenvalue weighted by molar-refractivity contribution is 0.0671. The molecule has 0 spiro atoms. The molecular formula is C14H14FN3O2. The summed E-state index contributed by atoms with van der Waals surface area (Å²) in [6.45, 7) is 1.42. The Kier molecular flexibility index (Phi) is 3.23. The molecule has 1 saturated heterocycles. The first-order valence-electron chi connectivity index (χ1n) is 6.40. The average Bonchev–Trinajstić information content (AvgIpc) is 2.86. The summed E-state index contributed by atoms with van der Waals surface area (Å²) in [6.07, 6.45) is 2.54. The molecule has 0 amide bonds. The molecule has 3 rings (SSSR count). The number of benzene rings is 1. The molecule has 1 fully saturated rings. The lowest BCUT2D eigenvalue weighted by Gasteiger charge is -2.41. The van der Waals surface area contributed by atoms with Gasteiger partial charge in [0.15, 0.2) is 0 Å². The molecule has 0 saturated carbocycles. The van der Waals surface area contributed by atoms with Gasteiger partial charge in [-0.3, -0.25) is 10.00 Å². The number of nitrogens with one attached hydrogen (secondary N) is 1. The first kappa shape index (κ1) is 12.8. The van der Waals surface area contributed by atoms with E-state index in [1.165, 1.54) is 12.1 Å². The number of H-pyrrole nitrogens is 1. The monoisotopic (exact) mass is 275 g/mol. The number of nitrogens with zero attached hydrogens (tertiary/aromatic N) is 2. The normalized spacial score (nSPS) is 18.8. The molecule has 1 aromatic carbocycles. The van der Waals surface area contributed by atoms with Crippen LogP contribution < -0.4 is 0 Å². The molecule has 2 N–H and O–H groups in total. The fourth-order valence-corrected chi connectivity index (χ4v) is 2.53. The maximum absolute atomic E-state index is 12.9. The molecule has 1 aliphatic rings. The molecule has 0 aliphatic carbocycles. The number of rotatable bonds is 4. The number of likely N-dealkylation sites (tertiary alicyclic amines) is 1. The second-order valence-corrected chi connectivity index (χ2v) is 4.90. The minimum atomic E-state index is -1.00. The van der Waals surface area contributed by atoms with Crippen LogP contribution in [0.5, 0.6) is 0 Å². The Bertz CT molecular complexity index is 624. The predicted molar refractivity (Wildman–Crippen MR) is 69.7 cm³/mol. The van der Waals surface area contributed by atoms with Gasteiger partial charge in [0.05, 0.1) is 6.20 Å². The first-order chi connectivity index (χ1) is 9.65. The van der Waals surface area contributed by atoms with Crippen molar-refractivity contribution in [1.82, 2.24) is 15.1 Å². The van der Waals surface area contributed by atoms with E-state index in [-0.39, 0.29) is 17.6 Å². The molecule has 0 unspecified atom stereocenters. The van der Waals surface area contributed by atoms with Crippen LogP contribution in [0.2, 0.25) is 0 Å². The van der Waals surface area contributed by atoms with E-state index in [1.807, 2.05) is 0 Å². The summed E-state index contributed by atoms with van der Waals surface area (Å²) in [4.78, 5) is 13.2. The Balaban J connectivity index is 1.74. The molecule has 2 aromatic rings. The van der Waals surface area contributed by atoms with Crippen molar-refractivity contribution >= 4 is 5.97 Å². The van der Waals surface area contributed by atoms with Crippen LogP contribution in [-0.4, -0.2) is 32.7 Å². The van der Waals surface area contributed by atoms with E-state index in [9.17, 15) is 9.18 Å².